The number of carbonyl (C=O) groups is 1. The zero-order valence-corrected chi connectivity index (χ0v) is 15.5. The number of benzene rings is 3. The number of rotatable bonds is 2. The molecule has 0 spiro atoms. The summed E-state index contributed by atoms with van der Waals surface area (Å²) in [5.41, 5.74) is 3.82. The van der Waals surface area contributed by atoms with Crippen molar-refractivity contribution < 1.29 is 4.79 Å². The number of amides is 1. The fourth-order valence-corrected chi connectivity index (χ4v) is 4.06. The Morgan fingerprint density at radius 2 is 1.42 bits per heavy atom. The molecule has 1 atom stereocenters. The molecule has 4 rings (SSSR count). The van der Waals surface area contributed by atoms with E-state index in [0.29, 0.717) is 22.2 Å². The highest BCUT2D eigenvalue weighted by Gasteiger charge is 2.34. The van der Waals surface area contributed by atoms with E-state index in [-0.39, 0.29) is 11.9 Å². The van der Waals surface area contributed by atoms with Crippen LogP contribution < -0.4 is 0 Å². The van der Waals surface area contributed by atoms with Gasteiger partial charge < -0.3 is 4.90 Å². The Bertz CT molecular complexity index is 970. The lowest BCUT2D eigenvalue weighted by Gasteiger charge is -2.38. The van der Waals surface area contributed by atoms with Gasteiger partial charge in [0, 0.05) is 11.6 Å². The van der Waals surface area contributed by atoms with Gasteiger partial charge in [-0.15, -0.1) is 0 Å². The average molecular weight is 382 g/mol. The normalized spacial score (nSPS) is 16.2. The molecule has 0 bridgehead atoms. The van der Waals surface area contributed by atoms with Crippen LogP contribution in [0.1, 0.15) is 33.1 Å². The van der Waals surface area contributed by atoms with Crippen molar-refractivity contribution in [3.8, 4) is 0 Å². The number of nitrogens with zero attached hydrogens (tertiary/aromatic N) is 1. The molecule has 130 valence electrons. The lowest BCUT2D eigenvalue weighted by molar-refractivity contribution is 0.0695. The standard InChI is InChI=1S/C22H17Cl2NO/c23-19-11-5-3-9-17(19)21-16-8-2-1-7-15(16)13-14-25(21)22(26)18-10-4-6-12-20(18)24/h1-12,21H,13-14H2. The van der Waals surface area contributed by atoms with E-state index in [1.54, 1.807) is 12.1 Å². The molecule has 0 radical (unpaired) electrons. The van der Waals surface area contributed by atoms with Crippen LogP contribution in [0.3, 0.4) is 0 Å². The van der Waals surface area contributed by atoms with Gasteiger partial charge in [0.15, 0.2) is 0 Å². The topological polar surface area (TPSA) is 20.3 Å². The van der Waals surface area contributed by atoms with E-state index in [2.05, 4.69) is 12.1 Å². The number of hydrogen-bond donors (Lipinski definition) is 0. The van der Waals surface area contributed by atoms with Gasteiger partial charge in [-0.1, -0.05) is 77.8 Å². The molecule has 1 heterocycles. The second kappa shape index (κ2) is 7.14. The summed E-state index contributed by atoms with van der Waals surface area (Å²) in [5.74, 6) is -0.0741. The molecule has 0 fully saturated rings. The minimum atomic E-state index is -0.225. The second-order valence-electron chi connectivity index (χ2n) is 6.35. The van der Waals surface area contributed by atoms with Crippen LogP contribution in [0.4, 0.5) is 0 Å². The first kappa shape index (κ1) is 17.1. The summed E-state index contributed by atoms with van der Waals surface area (Å²) < 4.78 is 0. The van der Waals surface area contributed by atoms with Gasteiger partial charge in [0.2, 0.25) is 0 Å². The van der Waals surface area contributed by atoms with Gasteiger partial charge >= 0.3 is 0 Å². The molecule has 0 N–H and O–H groups in total. The van der Waals surface area contributed by atoms with Crippen molar-refractivity contribution >= 4 is 29.1 Å². The monoisotopic (exact) mass is 381 g/mol. The van der Waals surface area contributed by atoms with Gasteiger partial charge in [-0.05, 0) is 41.3 Å². The molecule has 0 aliphatic carbocycles. The maximum atomic E-state index is 13.3. The van der Waals surface area contributed by atoms with E-state index in [1.807, 2.05) is 53.4 Å². The molecular weight excluding hydrogens is 365 g/mol. The predicted molar refractivity (Wildman–Crippen MR) is 106 cm³/mol. The molecule has 1 aliphatic rings. The molecule has 4 heteroatoms. The third-order valence-electron chi connectivity index (χ3n) is 4.85. The number of hydrogen-bond acceptors (Lipinski definition) is 1. The summed E-state index contributed by atoms with van der Waals surface area (Å²) in [6.07, 6.45) is 0.813. The van der Waals surface area contributed by atoms with Crippen molar-refractivity contribution in [2.24, 2.45) is 0 Å². The lowest BCUT2D eigenvalue weighted by Crippen LogP contribution is -2.40. The van der Waals surface area contributed by atoms with Gasteiger partial charge in [-0.2, -0.15) is 0 Å². The quantitative estimate of drug-likeness (QED) is 0.550. The Balaban J connectivity index is 1.85. The van der Waals surface area contributed by atoms with Crippen LogP contribution in [0, 0.1) is 0 Å². The molecular formula is C22H17Cl2NO. The maximum absolute atomic E-state index is 13.3. The van der Waals surface area contributed by atoms with Crippen LogP contribution in [-0.4, -0.2) is 17.4 Å². The van der Waals surface area contributed by atoms with E-state index in [4.69, 9.17) is 23.2 Å². The number of halogens is 2. The van der Waals surface area contributed by atoms with Crippen molar-refractivity contribution in [2.75, 3.05) is 6.54 Å². The maximum Gasteiger partial charge on any atom is 0.256 e. The van der Waals surface area contributed by atoms with Crippen LogP contribution in [0.15, 0.2) is 72.8 Å². The fraction of sp³-hybridized carbons (Fsp3) is 0.136. The highest BCUT2D eigenvalue weighted by atomic mass is 35.5. The van der Waals surface area contributed by atoms with Gasteiger partial charge in [0.25, 0.3) is 5.91 Å². The fourth-order valence-electron chi connectivity index (χ4n) is 3.61. The van der Waals surface area contributed by atoms with Crippen LogP contribution in [-0.2, 0) is 6.42 Å². The number of carbonyl (C=O) groups excluding carboxylic acids is 1. The predicted octanol–water partition coefficient (Wildman–Crippen LogP) is 5.78. The molecule has 26 heavy (non-hydrogen) atoms. The Labute approximate surface area is 163 Å². The lowest BCUT2D eigenvalue weighted by atomic mass is 9.87. The van der Waals surface area contributed by atoms with Gasteiger partial charge in [-0.3, -0.25) is 4.79 Å². The van der Waals surface area contributed by atoms with Crippen LogP contribution in [0.25, 0.3) is 0 Å². The van der Waals surface area contributed by atoms with E-state index in [9.17, 15) is 4.79 Å². The molecule has 1 unspecified atom stereocenters. The summed E-state index contributed by atoms with van der Waals surface area (Å²) in [5, 5.41) is 1.13. The van der Waals surface area contributed by atoms with Crippen molar-refractivity contribution in [1.29, 1.82) is 0 Å². The SMILES string of the molecule is O=C(c1ccccc1Cl)N1CCc2ccccc2C1c1ccccc1Cl. The summed E-state index contributed by atoms with van der Waals surface area (Å²) in [7, 11) is 0. The van der Waals surface area contributed by atoms with E-state index >= 15 is 0 Å². The largest absolute Gasteiger partial charge is 0.327 e. The molecule has 3 aromatic rings. The summed E-state index contributed by atoms with van der Waals surface area (Å²) in [6.45, 7) is 0.622. The first-order valence-corrected chi connectivity index (χ1v) is 9.30. The summed E-state index contributed by atoms with van der Waals surface area (Å²) in [4.78, 5) is 15.2. The Morgan fingerprint density at radius 1 is 0.808 bits per heavy atom. The molecule has 0 saturated heterocycles. The first-order valence-electron chi connectivity index (χ1n) is 8.54. The van der Waals surface area contributed by atoms with E-state index < -0.39 is 0 Å². The summed E-state index contributed by atoms with van der Waals surface area (Å²) in [6, 6.07) is 22.9. The second-order valence-corrected chi connectivity index (χ2v) is 7.17. The third-order valence-corrected chi connectivity index (χ3v) is 5.52. The van der Waals surface area contributed by atoms with Gasteiger partial charge in [0.1, 0.15) is 0 Å². The average Bonchev–Trinajstić information content (AvgIpc) is 2.67. The first-order chi connectivity index (χ1) is 12.7. The van der Waals surface area contributed by atoms with Crippen molar-refractivity contribution in [2.45, 2.75) is 12.5 Å². The zero-order valence-electron chi connectivity index (χ0n) is 14.0. The minimum absolute atomic E-state index is 0.0741. The Morgan fingerprint density at radius 3 is 2.15 bits per heavy atom. The summed E-state index contributed by atoms with van der Waals surface area (Å²) >= 11 is 12.8. The molecule has 1 amide bonds. The van der Waals surface area contributed by atoms with Crippen molar-refractivity contribution in [3.63, 3.8) is 0 Å². The highest BCUT2D eigenvalue weighted by Crippen LogP contribution is 2.39. The van der Waals surface area contributed by atoms with Crippen molar-refractivity contribution in [1.82, 2.24) is 4.90 Å². The number of fused-ring (bicyclic) bond motifs is 1. The zero-order chi connectivity index (χ0) is 18.1. The molecule has 0 aromatic heterocycles. The molecule has 3 aromatic carbocycles. The third kappa shape index (κ3) is 3.00. The highest BCUT2D eigenvalue weighted by molar-refractivity contribution is 6.34. The minimum Gasteiger partial charge on any atom is -0.327 e. The van der Waals surface area contributed by atoms with Crippen molar-refractivity contribution in [3.05, 3.63) is 105 Å². The Hall–Kier alpha value is -2.29. The van der Waals surface area contributed by atoms with E-state index in [1.165, 1.54) is 5.56 Å². The Kier molecular flexibility index (Phi) is 4.71. The van der Waals surface area contributed by atoms with Crippen LogP contribution in [0.2, 0.25) is 10.0 Å². The molecule has 1 aliphatic heterocycles. The molecule has 2 nitrogen and oxygen atoms in total. The van der Waals surface area contributed by atoms with Gasteiger partial charge in [0.05, 0.1) is 16.6 Å². The van der Waals surface area contributed by atoms with Gasteiger partial charge in [-0.25, -0.2) is 0 Å². The van der Waals surface area contributed by atoms with Crippen LogP contribution in [0.5, 0.6) is 0 Å². The van der Waals surface area contributed by atoms with Crippen LogP contribution >= 0.6 is 23.2 Å². The van der Waals surface area contributed by atoms with E-state index in [0.717, 1.165) is 17.5 Å². The molecule has 0 saturated carbocycles. The smallest absolute Gasteiger partial charge is 0.256 e.